The molecule has 0 unspecified atom stereocenters. The van der Waals surface area contributed by atoms with Gasteiger partial charge in [0.1, 0.15) is 5.56 Å². The second-order valence-electron chi connectivity index (χ2n) is 8.85. The van der Waals surface area contributed by atoms with Gasteiger partial charge in [0.15, 0.2) is 28.7 Å². The average Bonchev–Trinajstić information content (AvgIpc) is 3.48. The largest absolute Gasteiger partial charge is 0.450 e. The number of halogens is 1. The Bertz CT molecular complexity index is 1650. The molecule has 7 nitrogen and oxygen atoms in total. The first kappa shape index (κ1) is 22.0. The normalized spacial score (nSPS) is 13.0. The minimum atomic E-state index is -0.588. The standard InChI is InChI=1S/C28H23FN4O3/c29-21-17-19(11-12-24(21)36-25-10-6-14-31-16-13-30-27(25)31)18-23(34)26-22-9-4-5-15-32(22)33(28(26)35)20-7-2-1-3-8-20/h1-3,6-8,10-14,16-17H,4-5,9,15,18H2. The van der Waals surface area contributed by atoms with E-state index in [9.17, 15) is 14.0 Å². The van der Waals surface area contributed by atoms with E-state index in [1.54, 1.807) is 39.7 Å². The van der Waals surface area contributed by atoms with Gasteiger partial charge in [-0.05, 0) is 61.2 Å². The van der Waals surface area contributed by atoms with Gasteiger partial charge in [0.2, 0.25) is 0 Å². The van der Waals surface area contributed by atoms with Gasteiger partial charge in [0, 0.05) is 31.6 Å². The highest BCUT2D eigenvalue weighted by atomic mass is 19.1. The van der Waals surface area contributed by atoms with Gasteiger partial charge in [0.25, 0.3) is 5.56 Å². The van der Waals surface area contributed by atoms with Crippen molar-refractivity contribution in [2.45, 2.75) is 32.2 Å². The van der Waals surface area contributed by atoms with Crippen molar-refractivity contribution in [3.8, 4) is 17.2 Å². The number of para-hydroxylation sites is 1. The van der Waals surface area contributed by atoms with Crippen molar-refractivity contribution in [2.24, 2.45) is 0 Å². The smallest absolute Gasteiger partial charge is 0.282 e. The highest BCUT2D eigenvalue weighted by Crippen LogP contribution is 2.28. The van der Waals surface area contributed by atoms with Crippen LogP contribution in [0.3, 0.4) is 0 Å². The van der Waals surface area contributed by atoms with E-state index < -0.39 is 5.82 Å². The molecule has 0 saturated heterocycles. The molecule has 0 radical (unpaired) electrons. The predicted molar refractivity (Wildman–Crippen MR) is 133 cm³/mol. The lowest BCUT2D eigenvalue weighted by Gasteiger charge is -2.19. The predicted octanol–water partition coefficient (Wildman–Crippen LogP) is 4.98. The minimum absolute atomic E-state index is 0.0370. The highest BCUT2D eigenvalue weighted by molar-refractivity contribution is 5.98. The Labute approximate surface area is 206 Å². The number of pyridine rings is 1. The van der Waals surface area contributed by atoms with Crippen LogP contribution in [0.5, 0.6) is 11.5 Å². The third-order valence-electron chi connectivity index (χ3n) is 6.53. The first-order chi connectivity index (χ1) is 17.6. The van der Waals surface area contributed by atoms with E-state index in [1.807, 2.05) is 41.2 Å². The average molecular weight is 483 g/mol. The molecule has 6 rings (SSSR count). The zero-order chi connectivity index (χ0) is 24.6. The lowest BCUT2D eigenvalue weighted by atomic mass is 9.99. The molecule has 0 spiro atoms. The van der Waals surface area contributed by atoms with Crippen LogP contribution in [0.25, 0.3) is 11.3 Å². The Balaban J connectivity index is 1.29. The number of ether oxygens (including phenoxy) is 1. The lowest BCUT2D eigenvalue weighted by molar-refractivity contribution is 0.0990. The second-order valence-corrected chi connectivity index (χ2v) is 8.85. The third kappa shape index (κ3) is 3.80. The molecule has 36 heavy (non-hydrogen) atoms. The molecule has 0 aliphatic carbocycles. The quantitative estimate of drug-likeness (QED) is 0.320. The van der Waals surface area contributed by atoms with Crippen LogP contribution in [0.15, 0.2) is 84.0 Å². The van der Waals surface area contributed by atoms with Gasteiger partial charge in [-0.15, -0.1) is 0 Å². The summed E-state index contributed by atoms with van der Waals surface area (Å²) in [4.78, 5) is 31.0. The van der Waals surface area contributed by atoms with Gasteiger partial charge >= 0.3 is 0 Å². The molecule has 8 heteroatoms. The number of hydrogen-bond donors (Lipinski definition) is 0. The van der Waals surface area contributed by atoms with Gasteiger partial charge in [-0.2, -0.15) is 0 Å². The topological polar surface area (TPSA) is 70.5 Å². The van der Waals surface area contributed by atoms with Crippen LogP contribution in [-0.2, 0) is 19.4 Å². The van der Waals surface area contributed by atoms with Crippen LogP contribution in [0.2, 0.25) is 0 Å². The molecule has 0 fully saturated rings. The maximum atomic E-state index is 15.0. The summed E-state index contributed by atoms with van der Waals surface area (Å²) in [5, 5.41) is 0. The second kappa shape index (κ2) is 8.96. The SMILES string of the molecule is O=C(Cc1ccc(Oc2cccn3ccnc23)c(F)c1)c1c2n(n(-c3ccccc3)c1=O)CCCC2. The fraction of sp³-hybridized carbons (Fsp3) is 0.179. The molecule has 1 aliphatic heterocycles. The number of benzene rings is 2. The van der Waals surface area contributed by atoms with Crippen LogP contribution in [0.1, 0.15) is 34.5 Å². The first-order valence-electron chi connectivity index (χ1n) is 11.9. The number of hydrogen-bond acceptors (Lipinski definition) is 4. The zero-order valence-corrected chi connectivity index (χ0v) is 19.4. The van der Waals surface area contributed by atoms with E-state index in [0.717, 1.165) is 24.2 Å². The first-order valence-corrected chi connectivity index (χ1v) is 11.9. The fourth-order valence-corrected chi connectivity index (χ4v) is 4.87. The van der Waals surface area contributed by atoms with Crippen molar-refractivity contribution >= 4 is 11.4 Å². The van der Waals surface area contributed by atoms with Gasteiger partial charge in [0.05, 0.1) is 11.4 Å². The van der Waals surface area contributed by atoms with Crippen molar-refractivity contribution in [3.05, 3.63) is 112 Å². The molecule has 1 aliphatic rings. The van der Waals surface area contributed by atoms with Crippen LogP contribution < -0.4 is 10.3 Å². The number of carbonyl (C=O) groups excluding carboxylic acids is 1. The number of fused-ring (bicyclic) bond motifs is 2. The van der Waals surface area contributed by atoms with E-state index in [-0.39, 0.29) is 29.1 Å². The van der Waals surface area contributed by atoms with Crippen LogP contribution in [0, 0.1) is 5.82 Å². The van der Waals surface area contributed by atoms with Crippen molar-refractivity contribution in [2.75, 3.05) is 0 Å². The highest BCUT2D eigenvalue weighted by Gasteiger charge is 2.27. The summed E-state index contributed by atoms with van der Waals surface area (Å²) in [6.45, 7) is 0.677. The molecule has 3 aromatic heterocycles. The van der Waals surface area contributed by atoms with Crippen molar-refractivity contribution in [3.63, 3.8) is 0 Å². The molecule has 0 N–H and O–H groups in total. The number of carbonyl (C=O) groups is 1. The van der Waals surface area contributed by atoms with E-state index in [2.05, 4.69) is 4.98 Å². The maximum Gasteiger partial charge on any atom is 0.282 e. The summed E-state index contributed by atoms with van der Waals surface area (Å²) in [6.07, 6.45) is 7.69. The lowest BCUT2D eigenvalue weighted by Crippen LogP contribution is -2.24. The number of aromatic nitrogens is 4. The molecular weight excluding hydrogens is 459 g/mol. The molecular formula is C28H23FN4O3. The molecule has 0 bridgehead atoms. The minimum Gasteiger partial charge on any atom is -0.450 e. The number of rotatable bonds is 6. The molecule has 0 amide bonds. The Morgan fingerprint density at radius 2 is 1.86 bits per heavy atom. The van der Waals surface area contributed by atoms with Crippen LogP contribution in [0.4, 0.5) is 4.39 Å². The van der Waals surface area contributed by atoms with E-state index in [1.165, 1.54) is 12.1 Å². The van der Waals surface area contributed by atoms with Gasteiger partial charge < -0.3 is 9.14 Å². The summed E-state index contributed by atoms with van der Waals surface area (Å²) in [6, 6.07) is 17.3. The molecule has 180 valence electrons. The van der Waals surface area contributed by atoms with E-state index in [0.29, 0.717) is 29.9 Å². The third-order valence-corrected chi connectivity index (χ3v) is 6.53. The molecule has 2 aromatic carbocycles. The summed E-state index contributed by atoms with van der Waals surface area (Å²) in [5.41, 5.74) is 2.41. The number of Topliss-reactive ketones (excluding diaryl/α,β-unsaturated/α-hetero) is 1. The van der Waals surface area contributed by atoms with Crippen molar-refractivity contribution < 1.29 is 13.9 Å². The Morgan fingerprint density at radius 1 is 1.00 bits per heavy atom. The van der Waals surface area contributed by atoms with Crippen LogP contribution in [-0.4, -0.2) is 24.5 Å². The van der Waals surface area contributed by atoms with Gasteiger partial charge in [-0.3, -0.25) is 14.3 Å². The molecule has 5 aromatic rings. The van der Waals surface area contributed by atoms with Crippen LogP contribution >= 0.6 is 0 Å². The fourth-order valence-electron chi connectivity index (χ4n) is 4.87. The van der Waals surface area contributed by atoms with Crippen molar-refractivity contribution in [1.29, 1.82) is 0 Å². The number of nitrogens with zero attached hydrogens (tertiary/aromatic N) is 4. The number of ketones is 1. The molecule has 4 heterocycles. The molecule has 0 atom stereocenters. The van der Waals surface area contributed by atoms with E-state index in [4.69, 9.17) is 4.74 Å². The Morgan fingerprint density at radius 3 is 2.69 bits per heavy atom. The monoisotopic (exact) mass is 482 g/mol. The Hall–Kier alpha value is -4.46. The van der Waals surface area contributed by atoms with Crippen molar-refractivity contribution in [1.82, 2.24) is 18.7 Å². The maximum absolute atomic E-state index is 15.0. The van der Waals surface area contributed by atoms with E-state index >= 15 is 0 Å². The summed E-state index contributed by atoms with van der Waals surface area (Å²) >= 11 is 0. The summed E-state index contributed by atoms with van der Waals surface area (Å²) in [5.74, 6) is -0.438. The summed E-state index contributed by atoms with van der Waals surface area (Å²) in [7, 11) is 0. The van der Waals surface area contributed by atoms with Gasteiger partial charge in [-0.25, -0.2) is 14.1 Å². The summed E-state index contributed by atoms with van der Waals surface area (Å²) < 4.78 is 26.0. The zero-order valence-electron chi connectivity index (χ0n) is 19.4. The molecule has 0 saturated carbocycles. The van der Waals surface area contributed by atoms with Gasteiger partial charge in [-0.1, -0.05) is 24.3 Å². The Kier molecular flexibility index (Phi) is 5.48. The number of imidazole rings is 1.